The van der Waals surface area contributed by atoms with Crippen LogP contribution in [0.1, 0.15) is 46.1 Å². The van der Waals surface area contributed by atoms with Gasteiger partial charge in [0.05, 0.1) is 23.1 Å². The molecule has 1 amide bonds. The second-order valence-electron chi connectivity index (χ2n) is 9.62. The number of carbonyl (C=O) groups excluding carboxylic acids is 1. The molecule has 0 bridgehead atoms. The third-order valence-electron chi connectivity index (χ3n) is 6.28. The highest BCUT2D eigenvalue weighted by molar-refractivity contribution is 5.96. The number of carbonyl (C=O) groups is 1. The van der Waals surface area contributed by atoms with Crippen molar-refractivity contribution in [3.8, 4) is 22.7 Å². The molecule has 1 atom stereocenters. The molecule has 3 aromatic heterocycles. The number of nitrogens with two attached hydrogens (primary N) is 1. The summed E-state index contributed by atoms with van der Waals surface area (Å²) in [6.07, 6.45) is 5.89. The first kappa shape index (κ1) is 25.9. The van der Waals surface area contributed by atoms with Crippen molar-refractivity contribution in [1.29, 1.82) is 0 Å². The quantitative estimate of drug-likeness (QED) is 0.290. The number of nitrogens with zero attached hydrogens (tertiary/aromatic N) is 5. The molecule has 0 aliphatic carbocycles. The number of hydrogen-bond donors (Lipinski definition) is 2. The van der Waals surface area contributed by atoms with E-state index in [-0.39, 0.29) is 11.8 Å². The monoisotopic (exact) mass is 523 g/mol. The van der Waals surface area contributed by atoms with E-state index >= 15 is 0 Å². The van der Waals surface area contributed by atoms with Gasteiger partial charge in [-0.2, -0.15) is 0 Å². The maximum Gasteiger partial charge on any atom is 0.251 e. The van der Waals surface area contributed by atoms with Crippen LogP contribution in [-0.4, -0.2) is 37.6 Å². The minimum atomic E-state index is -0.882. The van der Waals surface area contributed by atoms with Gasteiger partial charge in [-0.3, -0.25) is 14.8 Å². The molecule has 5 rings (SSSR count). The summed E-state index contributed by atoms with van der Waals surface area (Å²) in [5.41, 5.74) is 9.86. The van der Waals surface area contributed by atoms with Gasteiger partial charge in [0, 0.05) is 49.0 Å². The number of amides is 1. The second kappa shape index (κ2) is 11.0. The van der Waals surface area contributed by atoms with E-state index < -0.39 is 5.54 Å². The van der Waals surface area contributed by atoms with E-state index in [1.807, 2.05) is 50.2 Å². The average molecular weight is 524 g/mol. The molecule has 39 heavy (non-hydrogen) atoms. The van der Waals surface area contributed by atoms with Gasteiger partial charge in [-0.1, -0.05) is 30.3 Å². The Morgan fingerprint density at radius 3 is 2.54 bits per heavy atom. The third-order valence-corrected chi connectivity index (χ3v) is 6.28. The summed E-state index contributed by atoms with van der Waals surface area (Å²) in [4.78, 5) is 26.1. The number of hydrogen-bond acceptors (Lipinski definition) is 9. The van der Waals surface area contributed by atoms with Crippen molar-refractivity contribution in [2.45, 2.75) is 39.2 Å². The predicted molar refractivity (Wildman–Crippen MR) is 144 cm³/mol. The van der Waals surface area contributed by atoms with Crippen molar-refractivity contribution < 1.29 is 13.6 Å². The molecular weight excluding hydrogens is 494 g/mol. The number of aryl methyl sites for hydroxylation is 2. The highest BCUT2D eigenvalue weighted by Gasteiger charge is 2.29. The van der Waals surface area contributed by atoms with Crippen LogP contribution in [0.3, 0.4) is 0 Å². The lowest BCUT2D eigenvalue weighted by molar-refractivity contribution is 0.0954. The van der Waals surface area contributed by atoms with Crippen LogP contribution < -0.4 is 11.1 Å². The Kier molecular flexibility index (Phi) is 7.29. The lowest BCUT2D eigenvalue weighted by atomic mass is 9.94. The maximum atomic E-state index is 13.2. The van der Waals surface area contributed by atoms with Gasteiger partial charge >= 0.3 is 0 Å². The van der Waals surface area contributed by atoms with Crippen molar-refractivity contribution in [2.24, 2.45) is 5.73 Å². The van der Waals surface area contributed by atoms with E-state index in [9.17, 15) is 4.79 Å². The molecule has 3 heterocycles. The third kappa shape index (κ3) is 6.07. The summed E-state index contributed by atoms with van der Waals surface area (Å²) in [5, 5.41) is 11.5. The van der Waals surface area contributed by atoms with Gasteiger partial charge in [0.15, 0.2) is 5.89 Å². The fourth-order valence-electron chi connectivity index (χ4n) is 4.34. The fraction of sp³-hybridized carbons (Fsp3) is 0.241. The molecule has 0 saturated carbocycles. The van der Waals surface area contributed by atoms with E-state index in [1.54, 1.807) is 37.6 Å². The largest absolute Gasteiger partial charge is 0.446 e. The van der Waals surface area contributed by atoms with E-state index in [1.165, 1.54) is 0 Å². The number of nitrogens with one attached hydrogen (secondary N) is 1. The van der Waals surface area contributed by atoms with Crippen LogP contribution in [0.15, 0.2) is 76.0 Å². The first-order valence-corrected chi connectivity index (χ1v) is 12.6. The zero-order valence-corrected chi connectivity index (χ0v) is 22.0. The molecule has 0 aliphatic rings. The second-order valence-corrected chi connectivity index (χ2v) is 9.62. The molecule has 2 aromatic carbocycles. The molecule has 0 saturated heterocycles. The van der Waals surface area contributed by atoms with Gasteiger partial charge in [0.2, 0.25) is 11.8 Å². The molecule has 3 N–H and O–H groups in total. The number of aromatic nitrogens is 5. The summed E-state index contributed by atoms with van der Waals surface area (Å²) in [5.74, 6) is 1.65. The minimum absolute atomic E-state index is 0.253. The molecule has 10 nitrogen and oxygen atoms in total. The van der Waals surface area contributed by atoms with Crippen LogP contribution >= 0.6 is 0 Å². The summed E-state index contributed by atoms with van der Waals surface area (Å²) >= 11 is 0. The Bertz CT molecular complexity index is 1580. The van der Waals surface area contributed by atoms with Crippen molar-refractivity contribution in [2.75, 3.05) is 6.54 Å². The first-order valence-electron chi connectivity index (χ1n) is 12.6. The summed E-state index contributed by atoms with van der Waals surface area (Å²) < 4.78 is 11.5. The molecule has 1 unspecified atom stereocenters. The minimum Gasteiger partial charge on any atom is -0.446 e. The maximum absolute atomic E-state index is 13.2. The highest BCUT2D eigenvalue weighted by atomic mass is 16.4. The van der Waals surface area contributed by atoms with Crippen molar-refractivity contribution in [3.63, 3.8) is 0 Å². The van der Waals surface area contributed by atoms with Gasteiger partial charge in [0.25, 0.3) is 5.91 Å². The first-order chi connectivity index (χ1) is 18.8. The topological polar surface area (TPSA) is 146 Å². The van der Waals surface area contributed by atoms with Gasteiger partial charge in [0.1, 0.15) is 5.76 Å². The molecule has 0 aliphatic heterocycles. The van der Waals surface area contributed by atoms with Crippen LogP contribution in [0.25, 0.3) is 22.7 Å². The molecule has 0 spiro atoms. The highest BCUT2D eigenvalue weighted by Crippen LogP contribution is 2.29. The number of rotatable bonds is 9. The molecular formula is C29H29N7O3. The lowest BCUT2D eigenvalue weighted by Crippen LogP contribution is -2.35. The Morgan fingerprint density at radius 2 is 1.82 bits per heavy atom. The van der Waals surface area contributed by atoms with E-state index in [0.29, 0.717) is 53.6 Å². The smallest absolute Gasteiger partial charge is 0.251 e. The van der Waals surface area contributed by atoms with Gasteiger partial charge in [-0.25, -0.2) is 4.98 Å². The summed E-state index contributed by atoms with van der Waals surface area (Å²) in [7, 11) is 0. The van der Waals surface area contributed by atoms with Crippen molar-refractivity contribution >= 4 is 5.91 Å². The van der Waals surface area contributed by atoms with E-state index in [0.717, 1.165) is 17.0 Å². The van der Waals surface area contributed by atoms with E-state index in [4.69, 9.17) is 14.6 Å². The molecule has 0 fully saturated rings. The van der Waals surface area contributed by atoms with Gasteiger partial charge in [-0.05, 0) is 44.0 Å². The van der Waals surface area contributed by atoms with Crippen LogP contribution in [0.4, 0.5) is 0 Å². The Labute approximate surface area is 225 Å². The SMILES string of the molecule is Cc1nc(CCNC(=O)c2cc(-c3cnccn3)cc(-c3nnc(C(C)(N)Cc4ccccc4)o3)c2)c(C)o1. The predicted octanol–water partition coefficient (Wildman–Crippen LogP) is 4.19. The summed E-state index contributed by atoms with van der Waals surface area (Å²) in [6.45, 7) is 5.90. The van der Waals surface area contributed by atoms with Gasteiger partial charge in [-0.15, -0.1) is 10.2 Å². The van der Waals surface area contributed by atoms with Crippen LogP contribution in [0.2, 0.25) is 0 Å². The zero-order valence-electron chi connectivity index (χ0n) is 22.0. The standard InChI is InChI=1S/C29H29N7O3/c1-18-24(34-19(2)38-18)9-10-33-26(37)22-13-21(25-17-31-11-12-32-25)14-23(15-22)27-35-36-28(39-27)29(3,30)16-20-7-5-4-6-8-20/h4-8,11-15,17H,9-10,16,30H2,1-3H3,(H,33,37). The molecule has 5 aromatic rings. The Balaban J connectivity index is 1.41. The average Bonchev–Trinajstić information content (AvgIpc) is 3.56. The van der Waals surface area contributed by atoms with Crippen molar-refractivity contribution in [3.05, 3.63) is 101 Å². The number of oxazole rings is 1. The molecule has 10 heteroatoms. The van der Waals surface area contributed by atoms with Crippen LogP contribution in [0.5, 0.6) is 0 Å². The fourth-order valence-corrected chi connectivity index (χ4v) is 4.34. The lowest BCUT2D eigenvalue weighted by Gasteiger charge is -2.20. The van der Waals surface area contributed by atoms with Crippen molar-refractivity contribution in [1.82, 2.24) is 30.5 Å². The van der Waals surface area contributed by atoms with Crippen LogP contribution in [0, 0.1) is 13.8 Å². The Hall–Kier alpha value is -4.70. The molecule has 0 radical (unpaired) electrons. The molecule has 198 valence electrons. The number of benzene rings is 2. The van der Waals surface area contributed by atoms with Gasteiger partial charge < -0.3 is 19.9 Å². The zero-order chi connectivity index (χ0) is 27.4. The Morgan fingerprint density at radius 1 is 1.03 bits per heavy atom. The van der Waals surface area contributed by atoms with Crippen LogP contribution in [-0.2, 0) is 18.4 Å². The summed E-state index contributed by atoms with van der Waals surface area (Å²) in [6, 6.07) is 15.2. The normalized spacial score (nSPS) is 12.7. The van der Waals surface area contributed by atoms with E-state index in [2.05, 4.69) is 30.5 Å².